The highest BCUT2D eigenvalue weighted by Gasteiger charge is 2.31. The smallest absolute Gasteiger partial charge is 0.105 e. The standard InChI is InChI=1S/C20H20N.BrH/c1-21(2)13-17-12-16-10-6-7-11-18(16)20(19(17)14-21)15-8-4-3-5-9-15;/h3-12H,13-14H2,1-2H3;1H/q+1;/p-1. The SMILES string of the molecule is C[N+]1(C)Cc2cc3ccccc3c(-c3ccccc3)c2C1.[Br-]. The van der Waals surface area contributed by atoms with Gasteiger partial charge in [-0.05, 0) is 28.0 Å². The van der Waals surface area contributed by atoms with Crippen LogP contribution in [0.2, 0.25) is 0 Å². The van der Waals surface area contributed by atoms with Gasteiger partial charge in [0.25, 0.3) is 0 Å². The predicted octanol–water partition coefficient (Wildman–Crippen LogP) is 1.60. The number of fused-ring (bicyclic) bond motifs is 2. The molecule has 1 aliphatic heterocycles. The van der Waals surface area contributed by atoms with Crippen molar-refractivity contribution >= 4 is 10.8 Å². The van der Waals surface area contributed by atoms with Gasteiger partial charge in [0, 0.05) is 11.1 Å². The molecule has 0 N–H and O–H groups in total. The quantitative estimate of drug-likeness (QED) is 0.583. The number of quaternary nitrogens is 1. The van der Waals surface area contributed by atoms with Crippen molar-refractivity contribution in [2.45, 2.75) is 13.1 Å². The van der Waals surface area contributed by atoms with Crippen molar-refractivity contribution in [1.29, 1.82) is 0 Å². The Morgan fingerprint density at radius 3 is 2.27 bits per heavy atom. The molecule has 3 aromatic carbocycles. The van der Waals surface area contributed by atoms with E-state index in [1.54, 1.807) is 0 Å². The summed E-state index contributed by atoms with van der Waals surface area (Å²) in [5.41, 5.74) is 5.82. The van der Waals surface area contributed by atoms with Crippen molar-refractivity contribution in [2.24, 2.45) is 0 Å². The molecule has 0 aromatic heterocycles. The summed E-state index contributed by atoms with van der Waals surface area (Å²) in [6.07, 6.45) is 0. The van der Waals surface area contributed by atoms with Gasteiger partial charge in [0.15, 0.2) is 0 Å². The van der Waals surface area contributed by atoms with E-state index >= 15 is 0 Å². The van der Waals surface area contributed by atoms with Gasteiger partial charge in [-0.25, -0.2) is 0 Å². The summed E-state index contributed by atoms with van der Waals surface area (Å²) in [7, 11) is 4.64. The lowest BCUT2D eigenvalue weighted by atomic mass is 9.91. The first-order valence-corrected chi connectivity index (χ1v) is 7.55. The van der Waals surface area contributed by atoms with Gasteiger partial charge in [-0.3, -0.25) is 0 Å². The lowest BCUT2D eigenvalue weighted by molar-refractivity contribution is -0.909. The highest BCUT2D eigenvalue weighted by Crippen LogP contribution is 2.40. The first-order valence-electron chi connectivity index (χ1n) is 7.55. The summed E-state index contributed by atoms with van der Waals surface area (Å²) in [6.45, 7) is 2.24. The van der Waals surface area contributed by atoms with Crippen LogP contribution in [0.3, 0.4) is 0 Å². The Morgan fingerprint density at radius 1 is 0.818 bits per heavy atom. The van der Waals surface area contributed by atoms with Crippen LogP contribution in [0, 0.1) is 0 Å². The molecule has 1 heterocycles. The molecule has 22 heavy (non-hydrogen) atoms. The van der Waals surface area contributed by atoms with Crippen molar-refractivity contribution in [3.05, 3.63) is 71.8 Å². The van der Waals surface area contributed by atoms with E-state index in [2.05, 4.69) is 74.8 Å². The Bertz CT molecular complexity index is 822. The zero-order valence-corrected chi connectivity index (χ0v) is 14.6. The molecule has 4 rings (SSSR count). The summed E-state index contributed by atoms with van der Waals surface area (Å²) < 4.78 is 1.05. The average molecular weight is 354 g/mol. The Kier molecular flexibility index (Phi) is 3.84. The molecule has 3 aromatic rings. The van der Waals surface area contributed by atoms with E-state index in [1.165, 1.54) is 33.0 Å². The van der Waals surface area contributed by atoms with Crippen LogP contribution in [0.25, 0.3) is 21.9 Å². The van der Waals surface area contributed by atoms with E-state index in [9.17, 15) is 0 Å². The third-order valence-corrected chi connectivity index (χ3v) is 4.50. The van der Waals surface area contributed by atoms with Crippen molar-refractivity contribution in [3.8, 4) is 11.1 Å². The summed E-state index contributed by atoms with van der Waals surface area (Å²) >= 11 is 0. The maximum atomic E-state index is 2.39. The molecule has 0 unspecified atom stereocenters. The van der Waals surface area contributed by atoms with Crippen molar-refractivity contribution < 1.29 is 21.5 Å². The molecule has 1 nitrogen and oxygen atoms in total. The van der Waals surface area contributed by atoms with Crippen LogP contribution in [0.15, 0.2) is 60.7 Å². The second kappa shape index (κ2) is 5.53. The number of nitrogens with zero attached hydrogens (tertiary/aromatic N) is 1. The third kappa shape index (κ3) is 2.47. The maximum Gasteiger partial charge on any atom is 0.105 e. The molecular weight excluding hydrogens is 334 g/mol. The van der Waals surface area contributed by atoms with E-state index in [4.69, 9.17) is 0 Å². The summed E-state index contributed by atoms with van der Waals surface area (Å²) in [5, 5.41) is 2.74. The van der Waals surface area contributed by atoms with Gasteiger partial charge in [0.1, 0.15) is 13.1 Å². The highest BCUT2D eigenvalue weighted by molar-refractivity contribution is 5.99. The van der Waals surface area contributed by atoms with Gasteiger partial charge in [-0.15, -0.1) is 0 Å². The molecule has 1 aliphatic rings. The van der Waals surface area contributed by atoms with Gasteiger partial charge in [-0.2, -0.15) is 0 Å². The Labute approximate surface area is 142 Å². The van der Waals surface area contributed by atoms with Gasteiger partial charge in [0.05, 0.1) is 14.1 Å². The van der Waals surface area contributed by atoms with Crippen LogP contribution in [-0.2, 0) is 13.1 Å². The van der Waals surface area contributed by atoms with Crippen molar-refractivity contribution in [3.63, 3.8) is 0 Å². The molecule has 0 aliphatic carbocycles. The molecule has 0 amide bonds. The molecular formula is C20H20BrN. The number of benzene rings is 3. The minimum absolute atomic E-state index is 0. The second-order valence-corrected chi connectivity index (χ2v) is 6.73. The molecule has 2 heteroatoms. The lowest BCUT2D eigenvalue weighted by Gasteiger charge is -2.22. The molecule has 0 spiro atoms. The molecule has 0 saturated carbocycles. The maximum absolute atomic E-state index is 2.39. The van der Waals surface area contributed by atoms with E-state index in [-0.39, 0.29) is 17.0 Å². The van der Waals surface area contributed by atoms with E-state index in [0.717, 1.165) is 17.6 Å². The van der Waals surface area contributed by atoms with Crippen molar-refractivity contribution in [2.75, 3.05) is 14.1 Å². The normalized spacial score (nSPS) is 15.4. The number of hydrogen-bond donors (Lipinski definition) is 0. The molecule has 0 saturated heterocycles. The Balaban J connectivity index is 0.00000144. The Morgan fingerprint density at radius 2 is 1.50 bits per heavy atom. The summed E-state index contributed by atoms with van der Waals surface area (Å²) in [6, 6.07) is 22.0. The van der Waals surface area contributed by atoms with E-state index in [1.807, 2.05) is 0 Å². The average Bonchev–Trinajstić information content (AvgIpc) is 2.78. The fourth-order valence-corrected chi connectivity index (χ4v) is 3.65. The molecule has 0 radical (unpaired) electrons. The largest absolute Gasteiger partial charge is 1.00 e. The first kappa shape index (κ1) is 15.3. The van der Waals surface area contributed by atoms with Gasteiger partial charge in [-0.1, -0.05) is 54.6 Å². The first-order chi connectivity index (χ1) is 10.1. The molecule has 0 atom stereocenters. The topological polar surface area (TPSA) is 0 Å². The van der Waals surface area contributed by atoms with Crippen LogP contribution in [-0.4, -0.2) is 18.6 Å². The molecule has 112 valence electrons. The Hall–Kier alpha value is -1.64. The second-order valence-electron chi connectivity index (χ2n) is 6.73. The zero-order valence-electron chi connectivity index (χ0n) is 13.0. The zero-order chi connectivity index (χ0) is 14.4. The molecule has 0 bridgehead atoms. The monoisotopic (exact) mass is 353 g/mol. The minimum atomic E-state index is 0. The van der Waals surface area contributed by atoms with Gasteiger partial charge >= 0.3 is 0 Å². The number of hydrogen-bond acceptors (Lipinski definition) is 0. The van der Waals surface area contributed by atoms with Gasteiger partial charge in [0.2, 0.25) is 0 Å². The fourth-order valence-electron chi connectivity index (χ4n) is 3.65. The molecule has 0 fully saturated rings. The van der Waals surface area contributed by atoms with Crippen molar-refractivity contribution in [1.82, 2.24) is 0 Å². The number of halogens is 1. The van der Waals surface area contributed by atoms with Crippen LogP contribution in [0.5, 0.6) is 0 Å². The predicted molar refractivity (Wildman–Crippen MR) is 88.9 cm³/mol. The van der Waals surface area contributed by atoms with Gasteiger partial charge < -0.3 is 21.5 Å². The van der Waals surface area contributed by atoms with E-state index < -0.39 is 0 Å². The lowest BCUT2D eigenvalue weighted by Crippen LogP contribution is -3.00. The number of rotatable bonds is 1. The van der Waals surface area contributed by atoms with Crippen LogP contribution in [0.1, 0.15) is 11.1 Å². The van der Waals surface area contributed by atoms with Crippen LogP contribution in [0.4, 0.5) is 0 Å². The van der Waals surface area contributed by atoms with E-state index in [0.29, 0.717) is 0 Å². The van der Waals surface area contributed by atoms with Crippen LogP contribution >= 0.6 is 0 Å². The summed E-state index contributed by atoms with van der Waals surface area (Å²) in [5.74, 6) is 0. The summed E-state index contributed by atoms with van der Waals surface area (Å²) in [4.78, 5) is 0. The minimum Gasteiger partial charge on any atom is -1.00 e. The van der Waals surface area contributed by atoms with Crippen LogP contribution < -0.4 is 17.0 Å². The fraction of sp³-hybridized carbons (Fsp3) is 0.200. The highest BCUT2D eigenvalue weighted by atomic mass is 79.9. The third-order valence-electron chi connectivity index (χ3n) is 4.50.